The van der Waals surface area contributed by atoms with Gasteiger partial charge < -0.3 is 19.2 Å². The molecule has 6 rings (SSSR count). The van der Waals surface area contributed by atoms with Crippen molar-refractivity contribution in [2.45, 2.75) is 6.04 Å². The molecule has 0 unspecified atom stereocenters. The lowest BCUT2D eigenvalue weighted by molar-refractivity contribution is 0.211. The molecule has 1 saturated heterocycles. The van der Waals surface area contributed by atoms with E-state index in [4.69, 9.17) is 9.15 Å². The number of hydrogen-bond acceptors (Lipinski definition) is 8. The number of rotatable bonds is 6. The van der Waals surface area contributed by atoms with E-state index >= 15 is 0 Å². The average Bonchev–Trinajstić information content (AvgIpc) is 3.65. The minimum Gasteiger partial charge on any atom is -0.497 e. The van der Waals surface area contributed by atoms with Crippen LogP contribution in [-0.4, -0.2) is 57.9 Å². The number of hydrogen-bond donors (Lipinski definition) is 1. The zero-order valence-electron chi connectivity index (χ0n) is 19.5. The first-order valence-corrected chi connectivity index (χ1v) is 12.4. The van der Waals surface area contributed by atoms with Crippen LogP contribution in [0.3, 0.4) is 0 Å². The first kappa shape index (κ1) is 22.6. The second kappa shape index (κ2) is 9.29. The molecular weight excluding hydrogens is 481 g/mol. The summed E-state index contributed by atoms with van der Waals surface area (Å²) in [6, 6.07) is 17.8. The Labute approximate surface area is 210 Å². The molecule has 1 atom stereocenters. The van der Waals surface area contributed by atoms with Crippen molar-refractivity contribution in [1.82, 2.24) is 19.5 Å². The number of halogens is 1. The number of piperazine rings is 1. The number of methoxy groups -OCH3 is 1. The van der Waals surface area contributed by atoms with Gasteiger partial charge in [-0.05, 0) is 54.1 Å². The smallest absolute Gasteiger partial charge is 0.230 e. The van der Waals surface area contributed by atoms with Crippen LogP contribution in [0.1, 0.15) is 16.5 Å². The maximum Gasteiger partial charge on any atom is 0.230 e. The van der Waals surface area contributed by atoms with E-state index in [1.165, 1.54) is 28.0 Å². The second-order valence-corrected chi connectivity index (χ2v) is 9.58. The lowest BCUT2D eigenvalue weighted by Gasteiger charge is -2.40. The van der Waals surface area contributed by atoms with E-state index in [0.717, 1.165) is 48.1 Å². The lowest BCUT2D eigenvalue weighted by atomic mass is 10.0. The summed E-state index contributed by atoms with van der Waals surface area (Å²) in [6.45, 7) is 3.15. The van der Waals surface area contributed by atoms with Crippen molar-refractivity contribution < 1.29 is 18.7 Å². The highest BCUT2D eigenvalue weighted by molar-refractivity contribution is 7.17. The van der Waals surface area contributed by atoms with Gasteiger partial charge in [-0.3, -0.25) is 4.90 Å². The molecule has 1 N–H and O–H groups in total. The van der Waals surface area contributed by atoms with Gasteiger partial charge in [-0.25, -0.2) is 4.39 Å². The van der Waals surface area contributed by atoms with Gasteiger partial charge in [0, 0.05) is 31.9 Å². The van der Waals surface area contributed by atoms with Crippen molar-refractivity contribution in [1.29, 1.82) is 0 Å². The van der Waals surface area contributed by atoms with E-state index in [1.54, 1.807) is 37.6 Å². The zero-order chi connectivity index (χ0) is 24.6. The predicted octanol–water partition coefficient (Wildman–Crippen LogP) is 4.82. The third kappa shape index (κ3) is 4.08. The summed E-state index contributed by atoms with van der Waals surface area (Å²) >= 11 is 1.38. The number of thiazole rings is 1. The number of furan rings is 1. The number of fused-ring (bicyclic) bond motifs is 1. The van der Waals surface area contributed by atoms with Crippen molar-refractivity contribution in [2.75, 3.05) is 38.2 Å². The zero-order valence-corrected chi connectivity index (χ0v) is 20.4. The van der Waals surface area contributed by atoms with E-state index in [9.17, 15) is 9.50 Å². The quantitative estimate of drug-likeness (QED) is 0.355. The van der Waals surface area contributed by atoms with Crippen molar-refractivity contribution in [3.63, 3.8) is 0 Å². The Bertz CT molecular complexity index is 1460. The Hall–Kier alpha value is -3.89. The normalized spacial score (nSPS) is 15.4. The first-order valence-electron chi connectivity index (χ1n) is 11.6. The molecule has 0 aliphatic carbocycles. The van der Waals surface area contributed by atoms with Crippen molar-refractivity contribution in [3.05, 3.63) is 83.2 Å². The molecule has 1 aliphatic heterocycles. The van der Waals surface area contributed by atoms with Gasteiger partial charge in [-0.15, -0.1) is 5.10 Å². The van der Waals surface area contributed by atoms with Gasteiger partial charge in [0.15, 0.2) is 5.76 Å². The van der Waals surface area contributed by atoms with Gasteiger partial charge in [0.05, 0.1) is 24.3 Å². The minimum absolute atomic E-state index is 0.0345. The molecule has 10 heteroatoms. The molecule has 36 heavy (non-hydrogen) atoms. The van der Waals surface area contributed by atoms with E-state index in [1.807, 2.05) is 12.1 Å². The highest BCUT2D eigenvalue weighted by atomic mass is 32.1. The van der Waals surface area contributed by atoms with Crippen LogP contribution >= 0.6 is 11.3 Å². The number of aromatic nitrogens is 3. The summed E-state index contributed by atoms with van der Waals surface area (Å²) in [7, 11) is 1.66. The first-order chi connectivity index (χ1) is 17.6. The van der Waals surface area contributed by atoms with E-state index < -0.39 is 0 Å². The summed E-state index contributed by atoms with van der Waals surface area (Å²) in [4.78, 5) is 10.5. The molecule has 5 aromatic rings. The Kier molecular flexibility index (Phi) is 5.82. The Morgan fingerprint density at radius 2 is 1.78 bits per heavy atom. The topological polar surface area (TPSA) is 79.3 Å². The maximum atomic E-state index is 13.8. The molecule has 0 spiro atoms. The van der Waals surface area contributed by atoms with Crippen molar-refractivity contribution in [2.24, 2.45) is 0 Å². The number of anilines is 1. The highest BCUT2D eigenvalue weighted by Gasteiger charge is 2.32. The number of benzene rings is 2. The summed E-state index contributed by atoms with van der Waals surface area (Å²) in [5.41, 5.74) is 2.04. The van der Waals surface area contributed by atoms with Crippen LogP contribution in [0.15, 0.2) is 71.3 Å². The molecule has 1 fully saturated rings. The maximum absolute atomic E-state index is 13.8. The lowest BCUT2D eigenvalue weighted by Crippen LogP contribution is -2.47. The van der Waals surface area contributed by atoms with Crippen LogP contribution in [0.25, 0.3) is 16.5 Å². The monoisotopic (exact) mass is 505 g/mol. The highest BCUT2D eigenvalue weighted by Crippen LogP contribution is 2.41. The summed E-state index contributed by atoms with van der Waals surface area (Å²) in [6.07, 6.45) is 1.56. The molecule has 0 amide bonds. The van der Waals surface area contributed by atoms with Crippen LogP contribution in [0.2, 0.25) is 0 Å². The Morgan fingerprint density at radius 1 is 1.03 bits per heavy atom. The standard InChI is InChI=1S/C26H24FN5O3S/c1-34-20-10-8-19(9-11-20)30-12-14-31(15-13-30)22(17-4-6-18(27)7-5-17)23-25(33)32-26(36-23)28-24(29-32)21-3-2-16-35-21/h2-11,16,22,33H,12-15H2,1H3/t22-/m0/s1. The molecule has 2 aromatic carbocycles. The van der Waals surface area contributed by atoms with E-state index in [-0.39, 0.29) is 17.7 Å². The molecule has 0 bridgehead atoms. The number of nitrogens with zero attached hydrogens (tertiary/aromatic N) is 5. The van der Waals surface area contributed by atoms with Crippen LogP contribution < -0.4 is 9.64 Å². The molecule has 0 radical (unpaired) electrons. The van der Waals surface area contributed by atoms with Gasteiger partial charge in [0.2, 0.25) is 16.7 Å². The number of ether oxygens (including phenoxy) is 1. The molecular formula is C26H24FN5O3S. The third-order valence-corrected chi connectivity index (χ3v) is 7.56. The summed E-state index contributed by atoms with van der Waals surface area (Å²) in [5.74, 6) is 1.52. The van der Waals surface area contributed by atoms with Crippen molar-refractivity contribution in [3.8, 4) is 23.2 Å². The van der Waals surface area contributed by atoms with Crippen LogP contribution in [0, 0.1) is 5.82 Å². The molecule has 1 aliphatic rings. The molecule has 184 valence electrons. The minimum atomic E-state index is -0.295. The van der Waals surface area contributed by atoms with E-state index in [0.29, 0.717) is 16.5 Å². The van der Waals surface area contributed by atoms with Crippen LogP contribution in [0.4, 0.5) is 10.1 Å². The summed E-state index contributed by atoms with van der Waals surface area (Å²) < 4.78 is 25.9. The molecule has 8 nitrogen and oxygen atoms in total. The number of aromatic hydroxyl groups is 1. The Balaban J connectivity index is 1.31. The van der Waals surface area contributed by atoms with Gasteiger partial charge in [-0.1, -0.05) is 23.5 Å². The third-order valence-electron chi connectivity index (χ3n) is 6.49. The SMILES string of the molecule is COc1ccc(N2CCN([C@@H](c3ccc(F)cc3)c3sc4nc(-c5ccco5)nn4c3O)CC2)cc1. The van der Waals surface area contributed by atoms with Crippen LogP contribution in [0.5, 0.6) is 11.6 Å². The molecule has 0 saturated carbocycles. The predicted molar refractivity (Wildman–Crippen MR) is 135 cm³/mol. The fourth-order valence-corrected chi connectivity index (χ4v) is 5.76. The van der Waals surface area contributed by atoms with Gasteiger partial charge >= 0.3 is 0 Å². The van der Waals surface area contributed by atoms with Crippen molar-refractivity contribution >= 4 is 22.0 Å². The largest absolute Gasteiger partial charge is 0.497 e. The fraction of sp³-hybridized carbons (Fsp3) is 0.231. The average molecular weight is 506 g/mol. The summed E-state index contributed by atoms with van der Waals surface area (Å²) in [5, 5.41) is 15.7. The molecule has 4 heterocycles. The van der Waals surface area contributed by atoms with Gasteiger partial charge in [0.1, 0.15) is 11.6 Å². The Morgan fingerprint density at radius 3 is 2.42 bits per heavy atom. The van der Waals surface area contributed by atoms with Crippen LogP contribution in [-0.2, 0) is 0 Å². The van der Waals surface area contributed by atoms with Gasteiger partial charge in [0.25, 0.3) is 0 Å². The molecule has 3 aromatic heterocycles. The van der Waals surface area contributed by atoms with Gasteiger partial charge in [-0.2, -0.15) is 9.50 Å². The fourth-order valence-electron chi connectivity index (χ4n) is 4.64. The second-order valence-electron chi connectivity index (χ2n) is 8.57. The van der Waals surface area contributed by atoms with E-state index in [2.05, 4.69) is 32.0 Å².